The summed E-state index contributed by atoms with van der Waals surface area (Å²) in [4.78, 5) is 0.889. The lowest BCUT2D eigenvalue weighted by Crippen LogP contribution is -2.54. The highest BCUT2D eigenvalue weighted by atomic mass is 32.2. The molecular weight excluding hydrogens is 273 g/mol. The van der Waals surface area contributed by atoms with E-state index in [1.807, 2.05) is 11.4 Å². The van der Waals surface area contributed by atoms with Gasteiger partial charge in [-0.05, 0) is 35.7 Å². The van der Waals surface area contributed by atoms with Crippen molar-refractivity contribution in [2.75, 3.05) is 6.54 Å². The molecule has 0 aliphatic carbocycles. The van der Waals surface area contributed by atoms with E-state index in [1.165, 1.54) is 23.5 Å². The molecule has 0 spiro atoms. The molecule has 1 aromatic heterocycles. The Hall–Kier alpha value is -1.24. The average molecular weight is 286 g/mol. The van der Waals surface area contributed by atoms with Gasteiger partial charge in [-0.3, -0.25) is 0 Å². The third-order valence-electron chi connectivity index (χ3n) is 2.64. The monoisotopic (exact) mass is 286 g/mol. The lowest BCUT2D eigenvalue weighted by Gasteiger charge is -2.12. The van der Waals surface area contributed by atoms with Crippen molar-refractivity contribution in [3.63, 3.8) is 0 Å². The molecule has 0 fully saturated rings. The van der Waals surface area contributed by atoms with E-state index in [1.54, 1.807) is 6.07 Å². The number of hydrogen-bond acceptors (Lipinski definition) is 3. The maximum atomic E-state index is 12.8. The largest absolute Gasteiger partial charge is 0.356 e. The molecule has 0 bridgehead atoms. The molecule has 3 N–H and O–H groups in total. The van der Waals surface area contributed by atoms with Gasteiger partial charge in [0.2, 0.25) is 0 Å². The van der Waals surface area contributed by atoms with Gasteiger partial charge in [0, 0.05) is 4.88 Å². The average Bonchev–Trinajstić information content (AvgIpc) is 2.84. The summed E-state index contributed by atoms with van der Waals surface area (Å²) in [7, 11) is -3.51. The second-order valence-corrected chi connectivity index (χ2v) is 6.90. The van der Waals surface area contributed by atoms with Crippen molar-refractivity contribution in [1.29, 1.82) is 0 Å². The molecule has 0 amide bonds. The first kappa shape index (κ1) is 13.2. The Labute approximate surface area is 109 Å². The SMILES string of the molecule is [NH3+]C[C@@H](c1cccs1)S(=O)(=O)c1ccc(F)cc1. The third-order valence-corrected chi connectivity index (χ3v) is 5.94. The zero-order chi connectivity index (χ0) is 13.2. The van der Waals surface area contributed by atoms with Crippen molar-refractivity contribution in [2.45, 2.75) is 10.1 Å². The van der Waals surface area contributed by atoms with Crippen LogP contribution in [0.2, 0.25) is 0 Å². The van der Waals surface area contributed by atoms with Gasteiger partial charge < -0.3 is 5.73 Å². The third kappa shape index (κ3) is 2.45. The highest BCUT2D eigenvalue weighted by Crippen LogP contribution is 2.30. The van der Waals surface area contributed by atoms with Crippen LogP contribution in [-0.2, 0) is 9.84 Å². The first-order valence-electron chi connectivity index (χ1n) is 5.38. The summed E-state index contributed by atoms with van der Waals surface area (Å²) in [5.74, 6) is -0.448. The molecule has 0 radical (unpaired) electrons. The van der Waals surface area contributed by atoms with Gasteiger partial charge in [0.25, 0.3) is 0 Å². The van der Waals surface area contributed by atoms with Crippen molar-refractivity contribution in [2.24, 2.45) is 0 Å². The number of benzene rings is 1. The van der Waals surface area contributed by atoms with Crippen LogP contribution in [0.4, 0.5) is 4.39 Å². The first-order chi connectivity index (χ1) is 8.55. The molecule has 0 aliphatic heterocycles. The van der Waals surface area contributed by atoms with Gasteiger partial charge in [0.1, 0.15) is 11.1 Å². The fourth-order valence-electron chi connectivity index (χ4n) is 1.71. The zero-order valence-corrected chi connectivity index (χ0v) is 11.2. The number of halogens is 1. The molecule has 18 heavy (non-hydrogen) atoms. The predicted octanol–water partition coefficient (Wildman–Crippen LogP) is 1.64. The number of thiophene rings is 1. The van der Waals surface area contributed by atoms with Crippen LogP contribution in [0.5, 0.6) is 0 Å². The summed E-state index contributed by atoms with van der Waals surface area (Å²) in [5, 5.41) is 1.17. The molecule has 0 saturated carbocycles. The quantitative estimate of drug-likeness (QED) is 0.869. The van der Waals surface area contributed by atoms with E-state index < -0.39 is 20.9 Å². The van der Waals surface area contributed by atoms with Crippen molar-refractivity contribution in [1.82, 2.24) is 0 Å². The summed E-state index contributed by atoms with van der Waals surface area (Å²) in [6.45, 7) is 0.250. The van der Waals surface area contributed by atoms with Crippen molar-refractivity contribution >= 4 is 21.2 Å². The van der Waals surface area contributed by atoms with E-state index in [4.69, 9.17) is 0 Å². The van der Waals surface area contributed by atoms with Gasteiger partial charge in [0.05, 0.1) is 11.4 Å². The molecule has 0 saturated heterocycles. The number of rotatable bonds is 4. The van der Waals surface area contributed by atoms with Crippen LogP contribution >= 0.6 is 11.3 Å². The van der Waals surface area contributed by atoms with E-state index in [0.717, 1.165) is 17.0 Å². The standard InChI is InChI=1S/C12H12FNO2S2/c13-9-3-5-10(6-4-9)18(15,16)12(8-14)11-2-1-7-17-11/h1-7,12H,8,14H2/p+1/t12-/m0/s1. The molecule has 3 nitrogen and oxygen atoms in total. The molecular formula is C12H13FNO2S2+. The van der Waals surface area contributed by atoms with Gasteiger partial charge in [-0.25, -0.2) is 12.8 Å². The second kappa shape index (κ2) is 5.17. The van der Waals surface area contributed by atoms with E-state index >= 15 is 0 Å². The van der Waals surface area contributed by atoms with E-state index in [2.05, 4.69) is 5.73 Å². The number of hydrogen-bond donors (Lipinski definition) is 1. The van der Waals surface area contributed by atoms with Crippen LogP contribution < -0.4 is 5.73 Å². The van der Waals surface area contributed by atoms with E-state index in [0.29, 0.717) is 0 Å². The molecule has 6 heteroatoms. The highest BCUT2D eigenvalue weighted by Gasteiger charge is 2.30. The molecule has 96 valence electrons. The minimum Gasteiger partial charge on any atom is -0.356 e. The second-order valence-electron chi connectivity index (χ2n) is 3.79. The Balaban J connectivity index is 2.44. The Bertz CT molecular complexity index is 606. The molecule has 1 heterocycles. The first-order valence-corrected chi connectivity index (χ1v) is 7.80. The van der Waals surface area contributed by atoms with E-state index in [9.17, 15) is 12.8 Å². The summed E-state index contributed by atoms with van der Waals surface area (Å²) in [5.41, 5.74) is 3.70. The summed E-state index contributed by atoms with van der Waals surface area (Å²) >= 11 is 1.39. The molecule has 1 atom stereocenters. The lowest BCUT2D eigenvalue weighted by atomic mass is 10.3. The molecule has 2 aromatic rings. The molecule has 0 unspecified atom stereocenters. The topological polar surface area (TPSA) is 61.8 Å². The minimum absolute atomic E-state index is 0.131. The Morgan fingerprint density at radius 3 is 2.39 bits per heavy atom. The minimum atomic E-state index is -3.51. The van der Waals surface area contributed by atoms with Crippen LogP contribution in [-0.4, -0.2) is 15.0 Å². The van der Waals surface area contributed by atoms with Gasteiger partial charge >= 0.3 is 0 Å². The van der Waals surface area contributed by atoms with Crippen LogP contribution in [0.3, 0.4) is 0 Å². The fraction of sp³-hybridized carbons (Fsp3) is 0.167. The predicted molar refractivity (Wildman–Crippen MR) is 68.4 cm³/mol. The normalized spacial score (nSPS) is 13.4. The maximum Gasteiger partial charge on any atom is 0.191 e. The van der Waals surface area contributed by atoms with Crippen LogP contribution in [0.15, 0.2) is 46.7 Å². The van der Waals surface area contributed by atoms with Gasteiger partial charge in [-0.2, -0.15) is 0 Å². The Morgan fingerprint density at radius 2 is 1.89 bits per heavy atom. The summed E-state index contributed by atoms with van der Waals surface area (Å²) in [6, 6.07) is 8.48. The maximum absolute atomic E-state index is 12.8. The Kier molecular flexibility index (Phi) is 3.79. The fourth-order valence-corrected chi connectivity index (χ4v) is 4.54. The van der Waals surface area contributed by atoms with Crippen molar-refractivity contribution < 1.29 is 18.5 Å². The Morgan fingerprint density at radius 1 is 1.22 bits per heavy atom. The van der Waals surface area contributed by atoms with Gasteiger partial charge in [-0.1, -0.05) is 6.07 Å². The summed E-state index contributed by atoms with van der Waals surface area (Å²) in [6.07, 6.45) is 0. The van der Waals surface area contributed by atoms with Crippen LogP contribution in [0.1, 0.15) is 10.1 Å². The summed E-state index contributed by atoms with van der Waals surface area (Å²) < 4.78 is 37.7. The van der Waals surface area contributed by atoms with E-state index in [-0.39, 0.29) is 11.4 Å². The molecule has 0 aliphatic rings. The smallest absolute Gasteiger partial charge is 0.191 e. The number of quaternary nitrogens is 1. The molecule has 1 aromatic carbocycles. The van der Waals surface area contributed by atoms with Crippen LogP contribution in [0.25, 0.3) is 0 Å². The zero-order valence-electron chi connectivity index (χ0n) is 9.54. The van der Waals surface area contributed by atoms with Crippen molar-refractivity contribution in [3.05, 3.63) is 52.5 Å². The van der Waals surface area contributed by atoms with Gasteiger partial charge in [0.15, 0.2) is 9.84 Å². The number of sulfone groups is 1. The highest BCUT2D eigenvalue weighted by molar-refractivity contribution is 7.91. The molecule has 2 rings (SSSR count). The van der Waals surface area contributed by atoms with Crippen molar-refractivity contribution in [3.8, 4) is 0 Å². The lowest BCUT2D eigenvalue weighted by molar-refractivity contribution is -0.367. The van der Waals surface area contributed by atoms with Crippen LogP contribution in [0, 0.1) is 5.82 Å². The van der Waals surface area contributed by atoms with Gasteiger partial charge in [-0.15, -0.1) is 11.3 Å².